The van der Waals surface area contributed by atoms with Gasteiger partial charge in [0, 0.05) is 17.6 Å². The fourth-order valence-electron chi connectivity index (χ4n) is 2.29. The van der Waals surface area contributed by atoms with Gasteiger partial charge in [-0.15, -0.1) is 0 Å². The number of nitrogens with one attached hydrogen (secondary N) is 1. The molecule has 23 heavy (non-hydrogen) atoms. The zero-order chi connectivity index (χ0) is 16.2. The van der Waals surface area contributed by atoms with Crippen LogP contribution in [-0.4, -0.2) is 12.1 Å². The summed E-state index contributed by atoms with van der Waals surface area (Å²) >= 11 is 0. The Labute approximate surface area is 135 Å². The number of hydrogen-bond acceptors (Lipinski definition) is 6. The number of ether oxygens (including phenoxy) is 2. The van der Waals surface area contributed by atoms with Gasteiger partial charge in [0.2, 0.25) is 0 Å². The third-order valence-electron chi connectivity index (χ3n) is 3.33. The predicted molar refractivity (Wildman–Crippen MR) is 89.3 cm³/mol. The summed E-state index contributed by atoms with van der Waals surface area (Å²) in [4.78, 5) is 4.32. The van der Waals surface area contributed by atoms with Crippen LogP contribution in [0.1, 0.15) is 5.56 Å². The van der Waals surface area contributed by atoms with Crippen molar-refractivity contribution >= 4 is 21.5 Å². The highest BCUT2D eigenvalue weighted by Gasteiger charge is 2.06. The molecule has 0 amide bonds. The number of aromatic nitrogens is 1. The molecule has 0 radical (unpaired) electrons. The fourth-order valence-corrected chi connectivity index (χ4v) is 2.78. The lowest BCUT2D eigenvalue weighted by atomic mass is 10.2. The van der Waals surface area contributed by atoms with Crippen molar-refractivity contribution in [3.05, 3.63) is 60.3 Å². The number of hydrogen-bond donors (Lipinski definition) is 1. The van der Waals surface area contributed by atoms with Crippen molar-refractivity contribution in [3.8, 4) is 17.2 Å². The van der Waals surface area contributed by atoms with Gasteiger partial charge < -0.3 is 18.5 Å². The molecule has 0 atom stereocenters. The van der Waals surface area contributed by atoms with Gasteiger partial charge in [-0.2, -0.15) is 10.6 Å². The van der Waals surface area contributed by atoms with Gasteiger partial charge in [0.1, 0.15) is 17.2 Å². The first-order valence-electron chi connectivity index (χ1n) is 6.95. The summed E-state index contributed by atoms with van der Waals surface area (Å²) in [5, 5.41) is 0.878. The van der Waals surface area contributed by atoms with Gasteiger partial charge in [0.05, 0.1) is 12.6 Å². The first-order valence-corrected chi connectivity index (χ1v) is 8.27. The number of pyridine rings is 1. The molecule has 1 heterocycles. The first-order chi connectivity index (χ1) is 11.2. The molecule has 2 aromatic carbocycles. The summed E-state index contributed by atoms with van der Waals surface area (Å²) in [6.45, 7) is 0. The van der Waals surface area contributed by atoms with Crippen LogP contribution in [0.15, 0.2) is 54.7 Å². The van der Waals surface area contributed by atoms with Gasteiger partial charge in [0.25, 0.3) is 0 Å². The van der Waals surface area contributed by atoms with Gasteiger partial charge >= 0.3 is 0 Å². The standard InChI is InChI=1S/C17H15N2O3S/c1-21-13-5-6-15-16(10-13)19-8-7-17(15)22-14-4-2-3-12(9-14)11-23(18)20/h2-10,18H,11H2,1H3/q-1. The van der Waals surface area contributed by atoms with E-state index >= 15 is 0 Å². The second kappa shape index (κ2) is 6.66. The molecule has 0 aliphatic heterocycles. The molecule has 3 rings (SSSR count). The van der Waals surface area contributed by atoms with Crippen molar-refractivity contribution in [1.82, 2.24) is 4.98 Å². The number of nitrogens with zero attached hydrogens (tertiary/aromatic N) is 1. The van der Waals surface area contributed by atoms with Crippen molar-refractivity contribution < 1.29 is 13.7 Å². The molecule has 0 saturated heterocycles. The van der Waals surface area contributed by atoms with E-state index < -0.39 is 10.6 Å². The largest absolute Gasteiger partial charge is 0.497 e. The van der Waals surface area contributed by atoms with Crippen LogP contribution in [0.3, 0.4) is 0 Å². The highest BCUT2D eigenvalue weighted by atomic mass is 32.2. The lowest BCUT2D eigenvalue weighted by Gasteiger charge is -2.11. The summed E-state index contributed by atoms with van der Waals surface area (Å²) in [5.41, 5.74) is 1.58. The molecular weight excluding hydrogens is 312 g/mol. The average molecular weight is 327 g/mol. The zero-order valence-corrected chi connectivity index (χ0v) is 13.3. The molecule has 0 fully saturated rings. The smallest absolute Gasteiger partial charge is 0.138 e. The molecular formula is C17H15N2O3S-. The molecule has 5 nitrogen and oxygen atoms in total. The number of benzene rings is 2. The molecule has 0 saturated carbocycles. The van der Waals surface area contributed by atoms with E-state index in [1.54, 1.807) is 25.4 Å². The topological polar surface area (TPSA) is 72.3 Å². The van der Waals surface area contributed by atoms with E-state index in [9.17, 15) is 4.21 Å². The van der Waals surface area contributed by atoms with Gasteiger partial charge in [-0.05, 0) is 30.3 Å². The van der Waals surface area contributed by atoms with Gasteiger partial charge in [-0.3, -0.25) is 4.98 Å². The van der Waals surface area contributed by atoms with E-state index in [1.165, 1.54) is 0 Å². The lowest BCUT2D eigenvalue weighted by Crippen LogP contribution is -1.91. The maximum absolute atomic E-state index is 11.0. The first kappa shape index (κ1) is 15.3. The van der Waals surface area contributed by atoms with Crippen LogP contribution >= 0.6 is 0 Å². The summed E-state index contributed by atoms with van der Waals surface area (Å²) < 4.78 is 29.4. The number of methoxy groups -OCH3 is 1. The quantitative estimate of drug-likeness (QED) is 0.711. The van der Waals surface area contributed by atoms with Crippen LogP contribution in [0.2, 0.25) is 0 Å². The molecule has 3 aromatic rings. The Balaban J connectivity index is 1.95. The van der Waals surface area contributed by atoms with Crippen LogP contribution in [0, 0.1) is 4.78 Å². The second-order valence-corrected chi connectivity index (χ2v) is 5.91. The Hall–Kier alpha value is -2.60. The fraction of sp³-hybridized carbons (Fsp3) is 0.118. The average Bonchev–Trinajstić information content (AvgIpc) is 2.54. The molecule has 6 heteroatoms. The van der Waals surface area contributed by atoms with E-state index in [0.717, 1.165) is 22.2 Å². The van der Waals surface area contributed by atoms with Gasteiger partial charge in [0.15, 0.2) is 0 Å². The molecule has 0 aliphatic carbocycles. The van der Waals surface area contributed by atoms with Crippen molar-refractivity contribution in [2.75, 3.05) is 7.11 Å². The van der Waals surface area contributed by atoms with Crippen LogP contribution in [-0.2, 0) is 20.6 Å². The Morgan fingerprint density at radius 3 is 2.78 bits per heavy atom. The summed E-state index contributed by atoms with van der Waals surface area (Å²) in [6.07, 6.45) is 1.68. The summed E-state index contributed by atoms with van der Waals surface area (Å²) in [6, 6.07) is 14.7. The molecule has 1 N–H and O–H groups in total. The minimum absolute atomic E-state index is 0.186. The van der Waals surface area contributed by atoms with Crippen LogP contribution < -0.4 is 9.47 Å². The molecule has 1 aromatic heterocycles. The van der Waals surface area contributed by atoms with Crippen molar-refractivity contribution in [1.29, 1.82) is 4.78 Å². The lowest BCUT2D eigenvalue weighted by molar-refractivity contribution is 0.415. The van der Waals surface area contributed by atoms with E-state index in [-0.39, 0.29) is 5.75 Å². The van der Waals surface area contributed by atoms with Crippen LogP contribution in [0.25, 0.3) is 10.9 Å². The van der Waals surface area contributed by atoms with Gasteiger partial charge in [-0.1, -0.05) is 23.4 Å². The van der Waals surface area contributed by atoms with E-state index in [1.807, 2.05) is 36.4 Å². The Bertz CT molecular complexity index is 915. The molecule has 0 spiro atoms. The number of rotatable bonds is 5. The van der Waals surface area contributed by atoms with Crippen molar-refractivity contribution in [2.45, 2.75) is 5.75 Å². The van der Waals surface area contributed by atoms with Crippen LogP contribution in [0.5, 0.6) is 17.2 Å². The predicted octanol–water partition coefficient (Wildman–Crippen LogP) is 4.26. The van der Waals surface area contributed by atoms with E-state index in [0.29, 0.717) is 11.5 Å². The molecule has 0 unspecified atom stereocenters. The number of fused-ring (bicyclic) bond motifs is 1. The second-order valence-electron chi connectivity index (χ2n) is 4.93. The highest BCUT2D eigenvalue weighted by Crippen LogP contribution is 2.31. The Morgan fingerprint density at radius 2 is 2.00 bits per heavy atom. The van der Waals surface area contributed by atoms with Crippen molar-refractivity contribution in [2.24, 2.45) is 0 Å². The minimum atomic E-state index is -1.63. The van der Waals surface area contributed by atoms with Gasteiger partial charge in [-0.25, -0.2) is 0 Å². The monoisotopic (exact) mass is 327 g/mol. The third kappa shape index (κ3) is 3.60. The highest BCUT2D eigenvalue weighted by molar-refractivity contribution is 7.72. The normalized spacial score (nSPS) is 10.9. The Kier molecular flexibility index (Phi) is 4.43. The maximum atomic E-state index is 11.0. The van der Waals surface area contributed by atoms with Crippen molar-refractivity contribution in [3.63, 3.8) is 0 Å². The van der Waals surface area contributed by atoms with E-state index in [2.05, 4.69) is 4.98 Å². The molecule has 118 valence electrons. The zero-order valence-electron chi connectivity index (χ0n) is 12.5. The maximum Gasteiger partial charge on any atom is 0.138 e. The Morgan fingerprint density at radius 1 is 1.13 bits per heavy atom. The molecule has 0 aliphatic rings. The summed E-state index contributed by atoms with van der Waals surface area (Å²) in [7, 11) is -0.0124. The third-order valence-corrected chi connectivity index (χ3v) is 3.93. The van der Waals surface area contributed by atoms with Crippen LogP contribution in [0.4, 0.5) is 0 Å². The SMILES string of the molecule is COc1ccc2c(Oc3cccc(C[S-](=N)=O)c3)ccnc2c1. The molecule has 0 bridgehead atoms. The minimum Gasteiger partial charge on any atom is -0.497 e. The van der Waals surface area contributed by atoms with E-state index in [4.69, 9.17) is 14.3 Å². The summed E-state index contributed by atoms with van der Waals surface area (Å²) in [5.74, 6) is 2.24.